The van der Waals surface area contributed by atoms with Crippen LogP contribution in [-0.2, 0) is 0 Å². The molecule has 2 N–H and O–H groups in total. The first-order valence-electron chi connectivity index (χ1n) is 4.84. The molecule has 1 saturated heterocycles. The first-order valence-corrected chi connectivity index (χ1v) is 4.84. The van der Waals surface area contributed by atoms with E-state index in [0.29, 0.717) is 6.04 Å². The van der Waals surface area contributed by atoms with Crippen LogP contribution in [0.25, 0.3) is 0 Å². The zero-order chi connectivity index (χ0) is 8.97. The summed E-state index contributed by atoms with van der Waals surface area (Å²) in [5.41, 5.74) is 5.62. The molecule has 70 valence electrons. The highest BCUT2D eigenvalue weighted by Crippen LogP contribution is 2.17. The molecular weight excluding hydrogens is 148 g/mol. The molecule has 0 aromatic heterocycles. The lowest BCUT2D eigenvalue weighted by Gasteiger charge is -2.34. The molecule has 1 unspecified atom stereocenters. The summed E-state index contributed by atoms with van der Waals surface area (Å²) in [6, 6.07) is 0.531. The van der Waals surface area contributed by atoms with E-state index >= 15 is 0 Å². The summed E-state index contributed by atoms with van der Waals surface area (Å²) < 4.78 is 0. The fourth-order valence-corrected chi connectivity index (χ4v) is 1.74. The highest BCUT2D eigenvalue weighted by molar-refractivity contribution is 4.86. The Morgan fingerprint density at radius 3 is 2.58 bits per heavy atom. The van der Waals surface area contributed by atoms with Crippen molar-refractivity contribution in [1.29, 1.82) is 0 Å². The van der Waals surface area contributed by atoms with Crippen LogP contribution in [0.15, 0.2) is 12.7 Å². The SMILES string of the molecule is C=CC(C)N1CCC(CN)CC1. The van der Waals surface area contributed by atoms with Crippen molar-refractivity contribution in [1.82, 2.24) is 4.90 Å². The van der Waals surface area contributed by atoms with E-state index < -0.39 is 0 Å². The van der Waals surface area contributed by atoms with Crippen molar-refractivity contribution < 1.29 is 0 Å². The van der Waals surface area contributed by atoms with Gasteiger partial charge in [0.1, 0.15) is 0 Å². The fourth-order valence-electron chi connectivity index (χ4n) is 1.74. The molecule has 0 radical (unpaired) electrons. The van der Waals surface area contributed by atoms with Crippen molar-refractivity contribution in [3.05, 3.63) is 12.7 Å². The number of rotatable bonds is 3. The van der Waals surface area contributed by atoms with Crippen molar-refractivity contribution in [2.45, 2.75) is 25.8 Å². The van der Waals surface area contributed by atoms with Crippen LogP contribution in [0, 0.1) is 5.92 Å². The van der Waals surface area contributed by atoms with E-state index in [-0.39, 0.29) is 0 Å². The first kappa shape index (κ1) is 9.75. The number of nitrogens with two attached hydrogens (primary N) is 1. The van der Waals surface area contributed by atoms with Crippen LogP contribution < -0.4 is 5.73 Å². The normalized spacial score (nSPS) is 23.8. The third kappa shape index (κ3) is 2.32. The van der Waals surface area contributed by atoms with Gasteiger partial charge in [0.05, 0.1) is 0 Å². The summed E-state index contributed by atoms with van der Waals surface area (Å²) in [7, 11) is 0. The lowest BCUT2D eigenvalue weighted by atomic mass is 9.96. The summed E-state index contributed by atoms with van der Waals surface area (Å²) in [5.74, 6) is 0.762. The van der Waals surface area contributed by atoms with E-state index in [4.69, 9.17) is 5.73 Å². The number of likely N-dealkylation sites (tertiary alicyclic amines) is 1. The quantitative estimate of drug-likeness (QED) is 0.642. The average Bonchev–Trinajstić information content (AvgIpc) is 2.17. The van der Waals surface area contributed by atoms with Crippen LogP contribution in [0.1, 0.15) is 19.8 Å². The Bertz CT molecular complexity index is 137. The Kier molecular flexibility index (Phi) is 3.76. The summed E-state index contributed by atoms with van der Waals surface area (Å²) in [4.78, 5) is 2.47. The molecule has 2 nitrogen and oxygen atoms in total. The van der Waals surface area contributed by atoms with E-state index in [9.17, 15) is 0 Å². The van der Waals surface area contributed by atoms with Crippen LogP contribution in [0.5, 0.6) is 0 Å². The predicted octanol–water partition coefficient (Wildman–Crippen LogP) is 1.23. The standard InChI is InChI=1S/C10H20N2/c1-3-9(2)12-6-4-10(8-11)5-7-12/h3,9-10H,1,4-8,11H2,2H3. The zero-order valence-corrected chi connectivity index (χ0v) is 8.00. The molecule has 0 aliphatic carbocycles. The monoisotopic (exact) mass is 168 g/mol. The van der Waals surface area contributed by atoms with Gasteiger partial charge in [0.15, 0.2) is 0 Å². The van der Waals surface area contributed by atoms with Crippen molar-refractivity contribution in [2.24, 2.45) is 11.7 Å². The van der Waals surface area contributed by atoms with Crippen LogP contribution in [0.3, 0.4) is 0 Å². The Labute approximate surface area is 75.4 Å². The largest absolute Gasteiger partial charge is 0.330 e. The Balaban J connectivity index is 2.30. The summed E-state index contributed by atoms with van der Waals surface area (Å²) in [5, 5.41) is 0. The molecule has 0 bridgehead atoms. The van der Waals surface area contributed by atoms with Gasteiger partial charge in [-0.2, -0.15) is 0 Å². The van der Waals surface area contributed by atoms with Gasteiger partial charge in [-0.1, -0.05) is 6.08 Å². The van der Waals surface area contributed by atoms with E-state index in [1.165, 1.54) is 25.9 Å². The Hall–Kier alpha value is -0.340. The maximum Gasteiger partial charge on any atom is 0.0247 e. The highest BCUT2D eigenvalue weighted by Gasteiger charge is 2.19. The molecule has 1 heterocycles. The van der Waals surface area contributed by atoms with E-state index in [0.717, 1.165) is 12.5 Å². The second-order valence-electron chi connectivity index (χ2n) is 3.69. The Morgan fingerprint density at radius 2 is 2.17 bits per heavy atom. The number of piperidine rings is 1. The molecule has 0 amide bonds. The van der Waals surface area contributed by atoms with Crippen molar-refractivity contribution in [2.75, 3.05) is 19.6 Å². The van der Waals surface area contributed by atoms with Gasteiger partial charge in [0.25, 0.3) is 0 Å². The van der Waals surface area contributed by atoms with Gasteiger partial charge in [0, 0.05) is 6.04 Å². The molecule has 0 aromatic rings. The second kappa shape index (κ2) is 4.63. The van der Waals surface area contributed by atoms with Gasteiger partial charge in [-0.3, -0.25) is 4.90 Å². The van der Waals surface area contributed by atoms with E-state index in [1.807, 2.05) is 6.08 Å². The van der Waals surface area contributed by atoms with Crippen LogP contribution in [-0.4, -0.2) is 30.6 Å². The molecule has 1 aliphatic rings. The third-order valence-electron chi connectivity index (χ3n) is 2.90. The minimum Gasteiger partial charge on any atom is -0.330 e. The first-order chi connectivity index (χ1) is 5.77. The molecule has 12 heavy (non-hydrogen) atoms. The topological polar surface area (TPSA) is 29.3 Å². The van der Waals surface area contributed by atoms with E-state index in [2.05, 4.69) is 18.4 Å². The van der Waals surface area contributed by atoms with Crippen LogP contribution >= 0.6 is 0 Å². The van der Waals surface area contributed by atoms with Gasteiger partial charge >= 0.3 is 0 Å². The molecule has 0 saturated carbocycles. The summed E-state index contributed by atoms with van der Waals surface area (Å²) >= 11 is 0. The highest BCUT2D eigenvalue weighted by atomic mass is 15.1. The minimum atomic E-state index is 0.531. The lowest BCUT2D eigenvalue weighted by Crippen LogP contribution is -2.40. The molecule has 1 atom stereocenters. The molecule has 2 heteroatoms. The number of nitrogens with zero attached hydrogens (tertiary/aromatic N) is 1. The summed E-state index contributed by atoms with van der Waals surface area (Å²) in [6.45, 7) is 9.25. The molecule has 0 spiro atoms. The lowest BCUT2D eigenvalue weighted by molar-refractivity contribution is 0.165. The molecule has 1 rings (SSSR count). The predicted molar refractivity (Wildman–Crippen MR) is 53.0 cm³/mol. The minimum absolute atomic E-state index is 0.531. The van der Waals surface area contributed by atoms with E-state index in [1.54, 1.807) is 0 Å². The average molecular weight is 168 g/mol. The molecular formula is C10H20N2. The maximum atomic E-state index is 5.62. The van der Waals surface area contributed by atoms with Crippen molar-refractivity contribution >= 4 is 0 Å². The van der Waals surface area contributed by atoms with Crippen LogP contribution in [0.2, 0.25) is 0 Å². The molecule has 1 aliphatic heterocycles. The van der Waals surface area contributed by atoms with Gasteiger partial charge in [-0.05, 0) is 45.3 Å². The second-order valence-corrected chi connectivity index (χ2v) is 3.69. The smallest absolute Gasteiger partial charge is 0.0247 e. The van der Waals surface area contributed by atoms with Gasteiger partial charge in [-0.15, -0.1) is 6.58 Å². The maximum absolute atomic E-state index is 5.62. The molecule has 1 fully saturated rings. The third-order valence-corrected chi connectivity index (χ3v) is 2.90. The van der Waals surface area contributed by atoms with Gasteiger partial charge in [-0.25, -0.2) is 0 Å². The van der Waals surface area contributed by atoms with Crippen molar-refractivity contribution in [3.63, 3.8) is 0 Å². The van der Waals surface area contributed by atoms with Crippen molar-refractivity contribution in [3.8, 4) is 0 Å². The van der Waals surface area contributed by atoms with Gasteiger partial charge in [0.2, 0.25) is 0 Å². The fraction of sp³-hybridized carbons (Fsp3) is 0.800. The zero-order valence-electron chi connectivity index (χ0n) is 8.00. The number of hydrogen-bond acceptors (Lipinski definition) is 2. The molecule has 0 aromatic carbocycles. The number of hydrogen-bond donors (Lipinski definition) is 1. The van der Waals surface area contributed by atoms with Gasteiger partial charge < -0.3 is 5.73 Å². The Morgan fingerprint density at radius 1 is 1.58 bits per heavy atom. The summed E-state index contributed by atoms with van der Waals surface area (Å²) in [6.07, 6.45) is 4.53. The van der Waals surface area contributed by atoms with Crippen LogP contribution in [0.4, 0.5) is 0 Å².